The fourth-order valence-electron chi connectivity index (χ4n) is 2.43. The summed E-state index contributed by atoms with van der Waals surface area (Å²) in [4.78, 5) is 13.3. The molecule has 2 N–H and O–H groups in total. The molecule has 1 aromatic carbocycles. The first kappa shape index (κ1) is 17.8. The van der Waals surface area contributed by atoms with Crippen LogP contribution in [0.3, 0.4) is 0 Å². The topological polar surface area (TPSA) is 62.7 Å². The molecular weight excluding hydrogens is 329 g/mol. The lowest BCUT2D eigenvalue weighted by molar-refractivity contribution is 0.626. The molecule has 0 saturated carbocycles. The first-order valence-corrected chi connectivity index (χ1v) is 8.68. The van der Waals surface area contributed by atoms with Gasteiger partial charge in [-0.05, 0) is 43.2 Å². The van der Waals surface area contributed by atoms with Gasteiger partial charge in [-0.1, -0.05) is 19.1 Å². The molecule has 0 fully saturated rings. The van der Waals surface area contributed by atoms with E-state index in [0.717, 1.165) is 23.2 Å². The van der Waals surface area contributed by atoms with E-state index in [1.807, 2.05) is 24.3 Å². The zero-order chi connectivity index (χ0) is 18.4. The van der Waals surface area contributed by atoms with Gasteiger partial charge in [-0.15, -0.1) is 0 Å². The quantitative estimate of drug-likeness (QED) is 0.656. The molecule has 26 heavy (non-hydrogen) atoms. The second-order valence-corrected chi connectivity index (χ2v) is 6.14. The van der Waals surface area contributed by atoms with Crippen LogP contribution in [-0.4, -0.2) is 21.0 Å². The number of benzene rings is 1. The summed E-state index contributed by atoms with van der Waals surface area (Å²) in [5.41, 5.74) is 2.54. The van der Waals surface area contributed by atoms with E-state index in [0.29, 0.717) is 18.3 Å². The molecule has 0 aliphatic heterocycles. The molecule has 0 saturated heterocycles. The molecule has 6 heteroatoms. The number of rotatable bonds is 7. The minimum atomic E-state index is -0.248. The van der Waals surface area contributed by atoms with Crippen LogP contribution in [0, 0.1) is 5.82 Å². The maximum atomic E-state index is 13.4. The Morgan fingerprint density at radius 2 is 2.00 bits per heavy atom. The van der Waals surface area contributed by atoms with E-state index in [1.54, 1.807) is 18.5 Å². The average molecular weight is 351 g/mol. The number of aromatic nitrogens is 3. The van der Waals surface area contributed by atoms with Crippen molar-refractivity contribution in [1.82, 2.24) is 15.0 Å². The van der Waals surface area contributed by atoms with Gasteiger partial charge < -0.3 is 10.6 Å². The molecule has 0 spiro atoms. The standard InChI is InChI=1S/C20H22FN5/c1-3-14(2)24-20-25-18(16-7-5-9-22-13-16)11-19(26-20)23-12-15-6-4-8-17(21)10-15/h4-11,13-14H,3,12H2,1-2H3,(H2,23,24,25,26)/t14-/m0/s1. The van der Waals surface area contributed by atoms with Crippen molar-refractivity contribution in [3.05, 3.63) is 66.2 Å². The Bertz CT molecular complexity index is 854. The van der Waals surface area contributed by atoms with E-state index in [2.05, 4.69) is 39.4 Å². The molecule has 2 aromatic heterocycles. The fraction of sp³-hybridized carbons (Fsp3) is 0.250. The van der Waals surface area contributed by atoms with E-state index in [4.69, 9.17) is 0 Å². The van der Waals surface area contributed by atoms with Crippen LogP contribution in [0.1, 0.15) is 25.8 Å². The van der Waals surface area contributed by atoms with Crippen LogP contribution in [0.25, 0.3) is 11.3 Å². The lowest BCUT2D eigenvalue weighted by Gasteiger charge is -2.14. The Labute approximate surface area is 152 Å². The van der Waals surface area contributed by atoms with Crippen molar-refractivity contribution in [1.29, 1.82) is 0 Å². The smallest absolute Gasteiger partial charge is 0.225 e. The molecule has 0 amide bonds. The lowest BCUT2D eigenvalue weighted by Crippen LogP contribution is -2.16. The molecule has 0 unspecified atom stereocenters. The summed E-state index contributed by atoms with van der Waals surface area (Å²) < 4.78 is 13.4. The van der Waals surface area contributed by atoms with Gasteiger partial charge in [0, 0.05) is 36.6 Å². The minimum absolute atomic E-state index is 0.248. The Morgan fingerprint density at radius 1 is 1.12 bits per heavy atom. The zero-order valence-electron chi connectivity index (χ0n) is 14.9. The predicted molar refractivity (Wildman–Crippen MR) is 102 cm³/mol. The number of nitrogens with zero attached hydrogens (tertiary/aromatic N) is 3. The normalized spacial score (nSPS) is 11.8. The molecule has 0 bridgehead atoms. The highest BCUT2D eigenvalue weighted by molar-refractivity contribution is 5.63. The van der Waals surface area contributed by atoms with E-state index >= 15 is 0 Å². The van der Waals surface area contributed by atoms with Crippen LogP contribution in [0.15, 0.2) is 54.9 Å². The van der Waals surface area contributed by atoms with Gasteiger partial charge in [-0.25, -0.2) is 9.37 Å². The van der Waals surface area contributed by atoms with Gasteiger partial charge in [0.25, 0.3) is 0 Å². The monoisotopic (exact) mass is 351 g/mol. The van der Waals surface area contributed by atoms with Crippen LogP contribution >= 0.6 is 0 Å². The van der Waals surface area contributed by atoms with Crippen LogP contribution < -0.4 is 10.6 Å². The van der Waals surface area contributed by atoms with E-state index in [-0.39, 0.29) is 11.9 Å². The second kappa shape index (κ2) is 8.38. The van der Waals surface area contributed by atoms with Crippen LogP contribution in [0.4, 0.5) is 16.2 Å². The summed E-state index contributed by atoms with van der Waals surface area (Å²) in [5, 5.41) is 6.56. The molecular formula is C20H22FN5. The molecule has 3 rings (SSSR count). The highest BCUT2D eigenvalue weighted by atomic mass is 19.1. The molecule has 0 radical (unpaired) electrons. The van der Waals surface area contributed by atoms with Crippen LogP contribution in [0.5, 0.6) is 0 Å². The van der Waals surface area contributed by atoms with Crippen molar-refractivity contribution in [3.63, 3.8) is 0 Å². The average Bonchev–Trinajstić information content (AvgIpc) is 2.67. The predicted octanol–water partition coefficient (Wildman–Crippen LogP) is 4.50. The minimum Gasteiger partial charge on any atom is -0.366 e. The third-order valence-electron chi connectivity index (χ3n) is 4.03. The van der Waals surface area contributed by atoms with Crippen molar-refractivity contribution in [3.8, 4) is 11.3 Å². The number of anilines is 2. The Balaban J connectivity index is 1.86. The van der Waals surface area contributed by atoms with Crippen molar-refractivity contribution < 1.29 is 4.39 Å². The van der Waals surface area contributed by atoms with Crippen molar-refractivity contribution in [2.45, 2.75) is 32.9 Å². The summed E-state index contributed by atoms with van der Waals surface area (Å²) in [5.74, 6) is 0.985. The maximum Gasteiger partial charge on any atom is 0.225 e. The number of hydrogen-bond acceptors (Lipinski definition) is 5. The molecule has 5 nitrogen and oxygen atoms in total. The lowest BCUT2D eigenvalue weighted by atomic mass is 10.2. The van der Waals surface area contributed by atoms with E-state index < -0.39 is 0 Å². The van der Waals surface area contributed by atoms with Crippen molar-refractivity contribution in [2.75, 3.05) is 10.6 Å². The van der Waals surface area contributed by atoms with Crippen LogP contribution in [0.2, 0.25) is 0 Å². The number of hydrogen-bond donors (Lipinski definition) is 2. The van der Waals surface area contributed by atoms with Crippen molar-refractivity contribution in [2.24, 2.45) is 0 Å². The molecule has 2 heterocycles. The van der Waals surface area contributed by atoms with Gasteiger partial charge in [0.05, 0.1) is 5.69 Å². The highest BCUT2D eigenvalue weighted by Gasteiger charge is 2.09. The summed E-state index contributed by atoms with van der Waals surface area (Å²) in [6, 6.07) is 12.5. The second-order valence-electron chi connectivity index (χ2n) is 6.14. The summed E-state index contributed by atoms with van der Waals surface area (Å²) >= 11 is 0. The third kappa shape index (κ3) is 4.75. The number of halogens is 1. The molecule has 134 valence electrons. The Hall–Kier alpha value is -3.02. The van der Waals surface area contributed by atoms with Gasteiger partial charge in [-0.3, -0.25) is 4.98 Å². The first-order chi connectivity index (χ1) is 12.6. The molecule has 0 aliphatic rings. The number of nitrogens with one attached hydrogen (secondary N) is 2. The van der Waals surface area contributed by atoms with Crippen LogP contribution in [-0.2, 0) is 6.54 Å². The van der Waals surface area contributed by atoms with Gasteiger partial charge in [0.15, 0.2) is 0 Å². The van der Waals surface area contributed by atoms with Crippen molar-refractivity contribution >= 4 is 11.8 Å². The Kier molecular flexibility index (Phi) is 5.73. The van der Waals surface area contributed by atoms with E-state index in [9.17, 15) is 4.39 Å². The van der Waals surface area contributed by atoms with Gasteiger partial charge in [0.1, 0.15) is 11.6 Å². The summed E-state index contributed by atoms with van der Waals surface area (Å²) in [6.45, 7) is 4.66. The zero-order valence-corrected chi connectivity index (χ0v) is 14.9. The third-order valence-corrected chi connectivity index (χ3v) is 4.03. The summed E-state index contributed by atoms with van der Waals surface area (Å²) in [6.07, 6.45) is 4.46. The number of pyridine rings is 1. The summed E-state index contributed by atoms with van der Waals surface area (Å²) in [7, 11) is 0. The molecule has 1 atom stereocenters. The molecule has 0 aliphatic carbocycles. The highest BCUT2D eigenvalue weighted by Crippen LogP contribution is 2.21. The fourth-order valence-corrected chi connectivity index (χ4v) is 2.43. The van der Waals surface area contributed by atoms with E-state index in [1.165, 1.54) is 12.1 Å². The Morgan fingerprint density at radius 3 is 2.73 bits per heavy atom. The molecule has 3 aromatic rings. The van der Waals surface area contributed by atoms with Gasteiger partial charge >= 0.3 is 0 Å². The first-order valence-electron chi connectivity index (χ1n) is 8.68. The maximum absolute atomic E-state index is 13.4. The largest absolute Gasteiger partial charge is 0.366 e. The van der Waals surface area contributed by atoms with Gasteiger partial charge in [-0.2, -0.15) is 4.98 Å². The SMILES string of the molecule is CC[C@H](C)Nc1nc(NCc2cccc(F)c2)cc(-c2cccnc2)n1. The van der Waals surface area contributed by atoms with Gasteiger partial charge in [0.2, 0.25) is 5.95 Å².